The average molecular weight is 272 g/mol. The van der Waals surface area contributed by atoms with Crippen molar-refractivity contribution in [2.24, 2.45) is 0 Å². The van der Waals surface area contributed by atoms with Gasteiger partial charge in [-0.3, -0.25) is 9.59 Å². The smallest absolute Gasteiger partial charge is 0.305 e. The van der Waals surface area contributed by atoms with Crippen LogP contribution in [0.25, 0.3) is 0 Å². The Balaban J connectivity index is 3.19. The van der Waals surface area contributed by atoms with Crippen LogP contribution >= 0.6 is 0 Å². The van der Waals surface area contributed by atoms with Gasteiger partial charge in [-0.15, -0.1) is 0 Å². The molecule has 0 aromatic rings. The Hall–Kier alpha value is -1.06. The van der Waals surface area contributed by atoms with E-state index in [1.165, 1.54) is 25.7 Å². The van der Waals surface area contributed by atoms with Gasteiger partial charge in [0, 0.05) is 12.8 Å². The third kappa shape index (κ3) is 14.9. The van der Waals surface area contributed by atoms with Gasteiger partial charge in [-0.2, -0.15) is 0 Å². The number of carbonyl (C=O) groups excluding carboxylic acids is 1. The lowest BCUT2D eigenvalue weighted by Gasteiger charge is -2.04. The zero-order chi connectivity index (χ0) is 14.3. The van der Waals surface area contributed by atoms with E-state index in [2.05, 4.69) is 6.92 Å². The molecule has 0 rings (SSSR count). The third-order valence-electron chi connectivity index (χ3n) is 3.03. The number of carbonyl (C=O) groups is 2. The molecule has 0 spiro atoms. The van der Waals surface area contributed by atoms with Crippen LogP contribution in [0.5, 0.6) is 0 Å². The van der Waals surface area contributed by atoms with Gasteiger partial charge in [0.15, 0.2) is 0 Å². The van der Waals surface area contributed by atoms with E-state index in [4.69, 9.17) is 9.84 Å². The fourth-order valence-electron chi connectivity index (χ4n) is 1.86. The quantitative estimate of drug-likeness (QED) is 0.407. The standard InChI is InChI=1S/C15H28O4/c1-2-3-4-5-6-9-12-15(18)19-13-10-7-8-11-14(16)17/h2-13H2,1H3,(H,16,17). The molecule has 0 atom stereocenters. The minimum absolute atomic E-state index is 0.117. The predicted octanol–water partition coefficient (Wildman–Crippen LogP) is 3.93. The fourth-order valence-corrected chi connectivity index (χ4v) is 1.86. The van der Waals surface area contributed by atoms with Crippen molar-refractivity contribution in [3.63, 3.8) is 0 Å². The van der Waals surface area contributed by atoms with Crippen molar-refractivity contribution in [3.8, 4) is 0 Å². The summed E-state index contributed by atoms with van der Waals surface area (Å²) in [6.45, 7) is 2.61. The number of ether oxygens (including phenoxy) is 1. The van der Waals surface area contributed by atoms with E-state index in [9.17, 15) is 9.59 Å². The highest BCUT2D eigenvalue weighted by molar-refractivity contribution is 5.69. The molecule has 112 valence electrons. The normalized spacial score (nSPS) is 10.4. The van der Waals surface area contributed by atoms with Crippen LogP contribution in [-0.4, -0.2) is 23.7 Å². The van der Waals surface area contributed by atoms with E-state index in [1.54, 1.807) is 0 Å². The van der Waals surface area contributed by atoms with Gasteiger partial charge in [0.1, 0.15) is 0 Å². The van der Waals surface area contributed by atoms with Gasteiger partial charge in [-0.05, 0) is 25.7 Å². The topological polar surface area (TPSA) is 63.6 Å². The Morgan fingerprint density at radius 1 is 0.842 bits per heavy atom. The highest BCUT2D eigenvalue weighted by atomic mass is 16.5. The molecule has 1 N–H and O–H groups in total. The van der Waals surface area contributed by atoms with Crippen molar-refractivity contribution in [1.82, 2.24) is 0 Å². The number of aliphatic carboxylic acids is 1. The first-order valence-electron chi connectivity index (χ1n) is 7.54. The Bertz CT molecular complexity index is 238. The summed E-state index contributed by atoms with van der Waals surface area (Å²) in [7, 11) is 0. The molecule has 4 nitrogen and oxygen atoms in total. The molecular formula is C15H28O4. The first-order chi connectivity index (χ1) is 9.16. The minimum Gasteiger partial charge on any atom is -0.481 e. The van der Waals surface area contributed by atoms with E-state index in [0.717, 1.165) is 25.7 Å². The van der Waals surface area contributed by atoms with Crippen LogP contribution < -0.4 is 0 Å². The van der Waals surface area contributed by atoms with Crippen LogP contribution in [0, 0.1) is 0 Å². The summed E-state index contributed by atoms with van der Waals surface area (Å²) in [6, 6.07) is 0. The van der Waals surface area contributed by atoms with Crippen molar-refractivity contribution >= 4 is 11.9 Å². The minimum atomic E-state index is -0.764. The Kier molecular flexibility index (Phi) is 12.6. The summed E-state index contributed by atoms with van der Waals surface area (Å²) in [5, 5.41) is 8.45. The summed E-state index contributed by atoms with van der Waals surface area (Å²) in [6.07, 6.45) is 9.94. The zero-order valence-corrected chi connectivity index (χ0v) is 12.2. The number of unbranched alkanes of at least 4 members (excludes halogenated alkanes) is 7. The van der Waals surface area contributed by atoms with E-state index in [0.29, 0.717) is 19.4 Å². The molecule has 0 bridgehead atoms. The lowest BCUT2D eigenvalue weighted by Crippen LogP contribution is -2.05. The fraction of sp³-hybridized carbons (Fsp3) is 0.867. The summed E-state index contributed by atoms with van der Waals surface area (Å²) in [5.41, 5.74) is 0. The van der Waals surface area contributed by atoms with E-state index >= 15 is 0 Å². The second-order valence-electron chi connectivity index (χ2n) is 4.94. The zero-order valence-electron chi connectivity index (χ0n) is 12.2. The molecule has 0 unspecified atom stereocenters. The van der Waals surface area contributed by atoms with Crippen molar-refractivity contribution in [2.45, 2.75) is 77.6 Å². The molecule has 0 amide bonds. The molecule has 0 aliphatic heterocycles. The van der Waals surface area contributed by atoms with Crippen molar-refractivity contribution < 1.29 is 19.4 Å². The number of carboxylic acid groups (broad SMARTS) is 1. The summed E-state index contributed by atoms with van der Waals surface area (Å²) < 4.78 is 5.09. The van der Waals surface area contributed by atoms with Gasteiger partial charge < -0.3 is 9.84 Å². The van der Waals surface area contributed by atoms with Gasteiger partial charge in [0.25, 0.3) is 0 Å². The highest BCUT2D eigenvalue weighted by Gasteiger charge is 2.02. The summed E-state index contributed by atoms with van der Waals surface area (Å²) >= 11 is 0. The van der Waals surface area contributed by atoms with Crippen molar-refractivity contribution in [3.05, 3.63) is 0 Å². The predicted molar refractivity (Wildman–Crippen MR) is 75.1 cm³/mol. The maximum absolute atomic E-state index is 11.4. The number of hydrogen-bond acceptors (Lipinski definition) is 3. The van der Waals surface area contributed by atoms with Crippen molar-refractivity contribution in [2.75, 3.05) is 6.61 Å². The molecule has 4 heteroatoms. The number of hydrogen-bond donors (Lipinski definition) is 1. The molecule has 0 fully saturated rings. The third-order valence-corrected chi connectivity index (χ3v) is 3.03. The van der Waals surface area contributed by atoms with E-state index < -0.39 is 5.97 Å². The average Bonchev–Trinajstić information content (AvgIpc) is 2.37. The SMILES string of the molecule is CCCCCCCCC(=O)OCCCCCC(=O)O. The number of esters is 1. The first-order valence-corrected chi connectivity index (χ1v) is 7.54. The van der Waals surface area contributed by atoms with Crippen LogP contribution in [0.4, 0.5) is 0 Å². The largest absolute Gasteiger partial charge is 0.481 e. The van der Waals surface area contributed by atoms with Crippen LogP contribution in [0.15, 0.2) is 0 Å². The molecule has 0 heterocycles. The van der Waals surface area contributed by atoms with Crippen LogP contribution in [0.3, 0.4) is 0 Å². The second kappa shape index (κ2) is 13.4. The summed E-state index contributed by atoms with van der Waals surface area (Å²) in [4.78, 5) is 21.6. The van der Waals surface area contributed by atoms with E-state index in [-0.39, 0.29) is 12.4 Å². The van der Waals surface area contributed by atoms with Gasteiger partial charge in [0.2, 0.25) is 0 Å². The van der Waals surface area contributed by atoms with E-state index in [1.807, 2.05) is 0 Å². The molecule has 0 aromatic carbocycles. The molecule has 0 saturated heterocycles. The lowest BCUT2D eigenvalue weighted by atomic mass is 10.1. The Labute approximate surface area is 116 Å². The molecule has 19 heavy (non-hydrogen) atoms. The number of rotatable bonds is 13. The van der Waals surface area contributed by atoms with Gasteiger partial charge >= 0.3 is 11.9 Å². The first kappa shape index (κ1) is 17.9. The van der Waals surface area contributed by atoms with Crippen molar-refractivity contribution in [1.29, 1.82) is 0 Å². The molecule has 0 aliphatic carbocycles. The molecular weight excluding hydrogens is 244 g/mol. The Morgan fingerprint density at radius 3 is 2.11 bits per heavy atom. The van der Waals surface area contributed by atoms with Gasteiger partial charge in [-0.1, -0.05) is 39.0 Å². The maximum Gasteiger partial charge on any atom is 0.305 e. The molecule has 0 radical (unpaired) electrons. The molecule has 0 aliphatic rings. The monoisotopic (exact) mass is 272 g/mol. The number of carboxylic acids is 1. The Morgan fingerprint density at radius 2 is 1.42 bits per heavy atom. The van der Waals surface area contributed by atoms with Crippen LogP contribution in [0.2, 0.25) is 0 Å². The van der Waals surface area contributed by atoms with Crippen LogP contribution in [0.1, 0.15) is 77.6 Å². The maximum atomic E-state index is 11.4. The van der Waals surface area contributed by atoms with Gasteiger partial charge in [0.05, 0.1) is 6.61 Å². The highest BCUT2D eigenvalue weighted by Crippen LogP contribution is 2.08. The van der Waals surface area contributed by atoms with Gasteiger partial charge in [-0.25, -0.2) is 0 Å². The second-order valence-corrected chi connectivity index (χ2v) is 4.94. The lowest BCUT2D eigenvalue weighted by molar-refractivity contribution is -0.144. The summed E-state index contributed by atoms with van der Waals surface area (Å²) in [5.74, 6) is -0.881. The molecule has 0 saturated carbocycles. The van der Waals surface area contributed by atoms with Crippen LogP contribution in [-0.2, 0) is 14.3 Å². The molecule has 0 aromatic heterocycles.